The van der Waals surface area contributed by atoms with Crippen LogP contribution in [0.1, 0.15) is 6.42 Å². The highest BCUT2D eigenvalue weighted by molar-refractivity contribution is 7.89. The average molecular weight is 379 g/mol. The van der Waals surface area contributed by atoms with E-state index in [1.807, 2.05) is 5.38 Å². The number of benzene rings is 1. The number of ether oxygens (including phenoxy) is 1. The summed E-state index contributed by atoms with van der Waals surface area (Å²) >= 11 is 13.3. The van der Waals surface area contributed by atoms with Crippen LogP contribution in [0.4, 0.5) is 0 Å². The van der Waals surface area contributed by atoms with Gasteiger partial charge in [0.2, 0.25) is 10.0 Å². The second kappa shape index (κ2) is 6.33. The maximum Gasteiger partial charge on any atom is 0.273 e. The Morgan fingerprint density at radius 3 is 2.91 bits per heavy atom. The molecule has 9 heteroatoms. The van der Waals surface area contributed by atoms with Gasteiger partial charge in [0.15, 0.2) is 0 Å². The minimum Gasteiger partial charge on any atom is -0.465 e. The number of hydrogen-bond acceptors (Lipinski definition) is 5. The molecule has 0 bridgehead atoms. The maximum atomic E-state index is 12.7. The lowest BCUT2D eigenvalue weighted by molar-refractivity contribution is 0.214. The van der Waals surface area contributed by atoms with Gasteiger partial charge in [-0.2, -0.15) is 4.31 Å². The first-order valence-corrected chi connectivity index (χ1v) is 9.56. The van der Waals surface area contributed by atoms with Crippen molar-refractivity contribution in [1.29, 1.82) is 0 Å². The first kappa shape index (κ1) is 16.0. The van der Waals surface area contributed by atoms with E-state index in [-0.39, 0.29) is 22.6 Å². The molecule has 1 aliphatic heterocycles. The van der Waals surface area contributed by atoms with E-state index in [0.717, 1.165) is 0 Å². The van der Waals surface area contributed by atoms with Crippen molar-refractivity contribution in [2.45, 2.75) is 17.4 Å². The number of nitrogens with zero attached hydrogens (tertiary/aromatic N) is 2. The van der Waals surface area contributed by atoms with Crippen molar-refractivity contribution < 1.29 is 13.2 Å². The van der Waals surface area contributed by atoms with Crippen molar-refractivity contribution in [3.05, 3.63) is 39.8 Å². The normalized spacial score (nSPS) is 19.5. The summed E-state index contributed by atoms with van der Waals surface area (Å²) in [5.41, 5.74) is 0. The molecule has 22 heavy (non-hydrogen) atoms. The molecule has 1 aromatic heterocycles. The summed E-state index contributed by atoms with van der Waals surface area (Å²) in [6.07, 6.45) is 2.05. The highest BCUT2D eigenvalue weighted by Gasteiger charge is 2.35. The fourth-order valence-corrected chi connectivity index (χ4v) is 5.01. The number of halogens is 2. The minimum atomic E-state index is -3.68. The SMILES string of the molecule is O=S(=O)(c1cc(Cl)ccc1Cl)N1CCC(Oc2nccs2)C1. The number of thiazole rings is 1. The van der Waals surface area contributed by atoms with Crippen LogP contribution in [0, 0.1) is 0 Å². The Bertz CT molecular complexity index is 766. The fraction of sp³-hybridized carbons (Fsp3) is 0.308. The molecule has 0 aliphatic carbocycles. The Hall–Kier alpha value is -0.860. The van der Waals surface area contributed by atoms with Gasteiger partial charge in [0.1, 0.15) is 11.0 Å². The van der Waals surface area contributed by atoms with E-state index in [1.54, 1.807) is 12.3 Å². The molecule has 0 amide bonds. The maximum absolute atomic E-state index is 12.7. The van der Waals surface area contributed by atoms with Crippen LogP contribution in [-0.2, 0) is 10.0 Å². The Morgan fingerprint density at radius 2 is 2.18 bits per heavy atom. The van der Waals surface area contributed by atoms with Crippen LogP contribution in [0.15, 0.2) is 34.7 Å². The first-order valence-electron chi connectivity index (χ1n) is 6.48. The Labute approximate surface area is 142 Å². The summed E-state index contributed by atoms with van der Waals surface area (Å²) in [6.45, 7) is 0.645. The molecule has 1 aromatic carbocycles. The van der Waals surface area contributed by atoms with Gasteiger partial charge >= 0.3 is 0 Å². The summed E-state index contributed by atoms with van der Waals surface area (Å²) in [5.74, 6) is 0. The zero-order chi connectivity index (χ0) is 15.7. The second-order valence-corrected chi connectivity index (χ2v) is 8.37. The van der Waals surface area contributed by atoms with E-state index < -0.39 is 10.0 Å². The van der Waals surface area contributed by atoms with E-state index in [0.29, 0.717) is 23.2 Å². The highest BCUT2D eigenvalue weighted by Crippen LogP contribution is 2.30. The predicted molar refractivity (Wildman–Crippen MR) is 86.4 cm³/mol. The molecule has 0 N–H and O–H groups in total. The van der Waals surface area contributed by atoms with E-state index >= 15 is 0 Å². The largest absolute Gasteiger partial charge is 0.465 e. The van der Waals surface area contributed by atoms with Crippen molar-refractivity contribution in [2.75, 3.05) is 13.1 Å². The second-order valence-electron chi connectivity index (χ2n) is 4.76. The van der Waals surface area contributed by atoms with E-state index in [1.165, 1.54) is 27.8 Å². The molecule has 118 valence electrons. The third-order valence-corrected chi connectivity index (χ3v) is 6.54. The predicted octanol–water partition coefficient (Wildman–Crippen LogP) is 3.29. The van der Waals surface area contributed by atoms with E-state index in [4.69, 9.17) is 27.9 Å². The van der Waals surface area contributed by atoms with Gasteiger partial charge < -0.3 is 4.74 Å². The van der Waals surface area contributed by atoms with Gasteiger partial charge in [0.25, 0.3) is 5.19 Å². The molecule has 2 heterocycles. The van der Waals surface area contributed by atoms with Gasteiger partial charge in [-0.05, 0) is 24.6 Å². The molecular weight excluding hydrogens is 367 g/mol. The van der Waals surface area contributed by atoms with Gasteiger partial charge in [-0.25, -0.2) is 13.4 Å². The van der Waals surface area contributed by atoms with Crippen LogP contribution in [0.5, 0.6) is 5.19 Å². The smallest absolute Gasteiger partial charge is 0.273 e. The Balaban J connectivity index is 1.78. The van der Waals surface area contributed by atoms with Gasteiger partial charge in [0.05, 0.1) is 11.6 Å². The first-order chi connectivity index (χ1) is 10.5. The molecule has 1 saturated heterocycles. The fourth-order valence-electron chi connectivity index (χ4n) is 2.24. The molecule has 1 fully saturated rings. The van der Waals surface area contributed by atoms with Gasteiger partial charge in [0, 0.05) is 23.1 Å². The van der Waals surface area contributed by atoms with Crippen molar-refractivity contribution in [1.82, 2.24) is 9.29 Å². The van der Waals surface area contributed by atoms with Crippen molar-refractivity contribution in [2.24, 2.45) is 0 Å². The summed E-state index contributed by atoms with van der Waals surface area (Å²) < 4.78 is 32.4. The topological polar surface area (TPSA) is 59.5 Å². The minimum absolute atomic E-state index is 0.0246. The number of hydrogen-bond donors (Lipinski definition) is 0. The Morgan fingerprint density at radius 1 is 1.36 bits per heavy atom. The Kier molecular flexibility index (Phi) is 4.61. The number of rotatable bonds is 4. The summed E-state index contributed by atoms with van der Waals surface area (Å²) in [4.78, 5) is 4.07. The summed E-state index contributed by atoms with van der Waals surface area (Å²) in [7, 11) is -3.68. The standard InChI is InChI=1S/C13H12Cl2N2O3S2/c14-9-1-2-11(15)12(7-9)22(18,19)17-5-3-10(8-17)20-13-16-4-6-21-13/h1-2,4,6-7,10H,3,5,8H2. The zero-order valence-electron chi connectivity index (χ0n) is 11.3. The molecule has 1 unspecified atom stereocenters. The van der Waals surface area contributed by atoms with Crippen molar-refractivity contribution in [3.63, 3.8) is 0 Å². The van der Waals surface area contributed by atoms with Crippen molar-refractivity contribution in [3.8, 4) is 5.19 Å². The molecule has 2 aromatic rings. The van der Waals surface area contributed by atoms with Gasteiger partial charge in [-0.1, -0.05) is 34.5 Å². The van der Waals surface area contributed by atoms with Gasteiger partial charge in [-0.3, -0.25) is 0 Å². The van der Waals surface area contributed by atoms with Crippen LogP contribution in [0.25, 0.3) is 0 Å². The van der Waals surface area contributed by atoms with Crippen LogP contribution >= 0.6 is 34.5 Å². The van der Waals surface area contributed by atoms with Crippen LogP contribution in [0.2, 0.25) is 10.0 Å². The molecule has 1 atom stereocenters. The van der Waals surface area contributed by atoms with Crippen LogP contribution in [-0.4, -0.2) is 36.9 Å². The molecule has 0 radical (unpaired) electrons. The third-order valence-electron chi connectivity index (χ3n) is 3.30. The molecule has 5 nitrogen and oxygen atoms in total. The van der Waals surface area contributed by atoms with Crippen molar-refractivity contribution >= 4 is 44.6 Å². The lowest BCUT2D eigenvalue weighted by atomic mass is 10.3. The molecule has 0 saturated carbocycles. The molecular formula is C13H12Cl2N2O3S2. The van der Waals surface area contributed by atoms with Crippen LogP contribution < -0.4 is 4.74 Å². The summed E-state index contributed by atoms with van der Waals surface area (Å²) in [5, 5.41) is 2.85. The summed E-state index contributed by atoms with van der Waals surface area (Å²) in [6, 6.07) is 4.41. The number of aromatic nitrogens is 1. The van der Waals surface area contributed by atoms with Gasteiger partial charge in [-0.15, -0.1) is 0 Å². The monoisotopic (exact) mass is 378 g/mol. The lowest BCUT2D eigenvalue weighted by Gasteiger charge is -2.17. The van der Waals surface area contributed by atoms with Crippen LogP contribution in [0.3, 0.4) is 0 Å². The number of sulfonamides is 1. The van der Waals surface area contributed by atoms with E-state index in [9.17, 15) is 8.42 Å². The molecule has 3 rings (SSSR count). The average Bonchev–Trinajstić information content (AvgIpc) is 3.14. The highest BCUT2D eigenvalue weighted by atomic mass is 35.5. The molecule has 1 aliphatic rings. The molecule has 0 spiro atoms. The quantitative estimate of drug-likeness (QED) is 0.818. The lowest BCUT2D eigenvalue weighted by Crippen LogP contribution is -2.31. The third kappa shape index (κ3) is 3.23. The zero-order valence-corrected chi connectivity index (χ0v) is 14.4. The van der Waals surface area contributed by atoms with E-state index in [2.05, 4.69) is 4.98 Å².